The lowest BCUT2D eigenvalue weighted by molar-refractivity contribution is 0.350. The number of nitrogens with one attached hydrogen (secondary N) is 1. The zero-order valence-electron chi connectivity index (χ0n) is 11.2. The first-order chi connectivity index (χ1) is 10.3. The summed E-state index contributed by atoms with van der Waals surface area (Å²) in [5, 5.41) is 9.50. The van der Waals surface area contributed by atoms with Gasteiger partial charge in [0.05, 0.1) is 19.3 Å². The van der Waals surface area contributed by atoms with E-state index < -0.39 is 0 Å². The van der Waals surface area contributed by atoms with Crippen molar-refractivity contribution in [3.8, 4) is 0 Å². The number of hydrogen-bond acceptors (Lipinski definition) is 4. The highest BCUT2D eigenvalue weighted by atomic mass is 16.3. The van der Waals surface area contributed by atoms with Crippen LogP contribution >= 0.6 is 0 Å². The van der Waals surface area contributed by atoms with Crippen molar-refractivity contribution in [3.63, 3.8) is 0 Å². The molecule has 0 amide bonds. The Bertz CT molecular complexity index is 834. The highest BCUT2D eigenvalue weighted by Gasteiger charge is 2.06. The summed E-state index contributed by atoms with van der Waals surface area (Å²) >= 11 is 0. The largest absolute Gasteiger partial charge is 0.392 e. The Balaban J connectivity index is 1.93. The minimum atomic E-state index is -0.256. The molecule has 0 bridgehead atoms. The van der Waals surface area contributed by atoms with Crippen LogP contribution in [0.2, 0.25) is 0 Å². The summed E-state index contributed by atoms with van der Waals surface area (Å²) < 4.78 is 1.77. The van der Waals surface area contributed by atoms with E-state index >= 15 is 0 Å². The molecule has 0 aliphatic carbocycles. The van der Waals surface area contributed by atoms with E-state index in [-0.39, 0.29) is 12.2 Å². The molecule has 2 aromatic heterocycles. The second-order valence-corrected chi connectivity index (χ2v) is 4.55. The number of H-pyrrole nitrogens is 1. The second kappa shape index (κ2) is 5.72. The number of aliphatic hydroxyl groups excluding tert-OH is 1. The van der Waals surface area contributed by atoms with Crippen LogP contribution in [0.25, 0.3) is 16.7 Å². The predicted molar refractivity (Wildman–Crippen MR) is 79.7 cm³/mol. The first-order valence-electron chi connectivity index (χ1n) is 6.53. The summed E-state index contributed by atoms with van der Waals surface area (Å²) in [5.74, 6) is 0. The normalized spacial score (nSPS) is 12.0. The highest BCUT2D eigenvalue weighted by molar-refractivity contribution is 5.69. The molecule has 0 fully saturated rings. The smallest absolute Gasteiger partial charge is 0.278 e. The monoisotopic (exact) mass is 282 g/mol. The lowest BCUT2D eigenvalue weighted by atomic mass is 10.1. The summed E-state index contributed by atoms with van der Waals surface area (Å²) in [6.45, 7) is 0.433. The molecule has 0 aliphatic heterocycles. The minimum Gasteiger partial charge on any atom is -0.392 e. The van der Waals surface area contributed by atoms with Gasteiger partial charge >= 0.3 is 0 Å². The molecule has 3 rings (SSSR count). The average molecular weight is 282 g/mol. The Kier molecular flexibility index (Phi) is 3.61. The van der Waals surface area contributed by atoms with Crippen LogP contribution < -0.4 is 5.56 Å². The van der Waals surface area contributed by atoms with Gasteiger partial charge in [0.15, 0.2) is 11.2 Å². The summed E-state index contributed by atoms with van der Waals surface area (Å²) in [7, 11) is 0. The number of nitrogens with zero attached hydrogens (tertiary/aromatic N) is 3. The van der Waals surface area contributed by atoms with Crippen molar-refractivity contribution in [2.24, 2.45) is 0 Å². The van der Waals surface area contributed by atoms with E-state index in [1.54, 1.807) is 10.9 Å². The lowest BCUT2D eigenvalue weighted by Gasteiger charge is -2.05. The van der Waals surface area contributed by atoms with E-state index in [1.165, 1.54) is 6.33 Å². The molecule has 1 aromatic carbocycles. The SMILES string of the molecule is O=c1[nH]cnc2c1ncn2C/C=C(/CO)c1ccccc1. The molecule has 6 heteroatoms. The highest BCUT2D eigenvalue weighted by Crippen LogP contribution is 2.14. The molecule has 0 saturated heterocycles. The van der Waals surface area contributed by atoms with Gasteiger partial charge in [0.1, 0.15) is 0 Å². The fraction of sp³-hybridized carbons (Fsp3) is 0.133. The van der Waals surface area contributed by atoms with Crippen LogP contribution in [0.3, 0.4) is 0 Å². The molecule has 3 aromatic rings. The molecule has 2 heterocycles. The van der Waals surface area contributed by atoms with E-state index in [9.17, 15) is 9.90 Å². The number of aliphatic hydroxyl groups is 1. The van der Waals surface area contributed by atoms with E-state index in [0.717, 1.165) is 11.1 Å². The third-order valence-corrected chi connectivity index (χ3v) is 3.26. The van der Waals surface area contributed by atoms with Crippen molar-refractivity contribution < 1.29 is 5.11 Å². The van der Waals surface area contributed by atoms with Crippen molar-refractivity contribution in [1.29, 1.82) is 0 Å². The number of rotatable bonds is 4. The van der Waals surface area contributed by atoms with Crippen LogP contribution in [0.4, 0.5) is 0 Å². The van der Waals surface area contributed by atoms with Gasteiger partial charge in [0.25, 0.3) is 5.56 Å². The molecule has 0 spiro atoms. The van der Waals surface area contributed by atoms with Crippen LogP contribution in [0.15, 0.2) is 53.9 Å². The van der Waals surface area contributed by atoms with Crippen LogP contribution in [0.1, 0.15) is 5.56 Å². The molecular weight excluding hydrogens is 268 g/mol. The molecule has 106 valence electrons. The van der Waals surface area contributed by atoms with Crippen LogP contribution in [-0.4, -0.2) is 31.2 Å². The molecule has 0 radical (unpaired) electrons. The number of aromatic nitrogens is 4. The van der Waals surface area contributed by atoms with Crippen LogP contribution in [0.5, 0.6) is 0 Å². The van der Waals surface area contributed by atoms with Crippen LogP contribution in [0, 0.1) is 0 Å². The van der Waals surface area contributed by atoms with Gasteiger partial charge in [0.2, 0.25) is 0 Å². The summed E-state index contributed by atoms with van der Waals surface area (Å²) in [6, 6.07) is 9.66. The summed E-state index contributed by atoms with van der Waals surface area (Å²) in [4.78, 5) is 22.3. The number of hydrogen-bond donors (Lipinski definition) is 2. The van der Waals surface area contributed by atoms with Crippen molar-refractivity contribution in [3.05, 3.63) is 65.0 Å². The molecule has 0 aliphatic rings. The van der Waals surface area contributed by atoms with E-state index in [0.29, 0.717) is 17.7 Å². The number of aromatic amines is 1. The Morgan fingerprint density at radius 3 is 2.86 bits per heavy atom. The molecule has 0 atom stereocenters. The molecule has 2 N–H and O–H groups in total. The predicted octanol–water partition coefficient (Wildman–Crippen LogP) is 1.20. The number of imidazole rings is 1. The van der Waals surface area contributed by atoms with Gasteiger partial charge < -0.3 is 14.7 Å². The van der Waals surface area contributed by atoms with Crippen LogP contribution in [-0.2, 0) is 6.54 Å². The van der Waals surface area contributed by atoms with Gasteiger partial charge in [-0.2, -0.15) is 0 Å². The topological polar surface area (TPSA) is 83.8 Å². The lowest BCUT2D eigenvalue weighted by Crippen LogP contribution is -2.07. The van der Waals surface area contributed by atoms with Gasteiger partial charge in [-0.05, 0) is 11.1 Å². The Morgan fingerprint density at radius 1 is 1.29 bits per heavy atom. The van der Waals surface area contributed by atoms with Gasteiger partial charge in [-0.3, -0.25) is 4.79 Å². The third-order valence-electron chi connectivity index (χ3n) is 3.26. The summed E-state index contributed by atoms with van der Waals surface area (Å²) in [6.07, 6.45) is 4.83. The molecule has 6 nitrogen and oxygen atoms in total. The number of allylic oxidation sites excluding steroid dienone is 1. The molecular formula is C15H14N4O2. The first-order valence-corrected chi connectivity index (χ1v) is 6.53. The summed E-state index contributed by atoms with van der Waals surface area (Å²) in [5.41, 5.74) is 2.38. The zero-order chi connectivity index (χ0) is 14.7. The number of benzene rings is 1. The van der Waals surface area contributed by atoms with Gasteiger partial charge in [-0.15, -0.1) is 0 Å². The maximum Gasteiger partial charge on any atom is 0.278 e. The van der Waals surface area contributed by atoms with E-state index in [4.69, 9.17) is 0 Å². The molecule has 21 heavy (non-hydrogen) atoms. The zero-order valence-corrected chi connectivity index (χ0v) is 11.2. The quantitative estimate of drug-likeness (QED) is 0.753. The standard InChI is InChI=1S/C15H14N4O2/c20-8-12(11-4-2-1-3-5-11)6-7-19-10-18-13-14(19)16-9-17-15(13)21/h1-6,9-10,20H,7-8H2,(H,16,17,21)/b12-6-. The molecule has 0 saturated carbocycles. The van der Waals surface area contributed by atoms with E-state index in [2.05, 4.69) is 15.0 Å². The van der Waals surface area contributed by atoms with Gasteiger partial charge in [-0.25, -0.2) is 9.97 Å². The Hall–Kier alpha value is -2.73. The van der Waals surface area contributed by atoms with Crippen molar-refractivity contribution in [1.82, 2.24) is 19.5 Å². The van der Waals surface area contributed by atoms with Crippen molar-refractivity contribution in [2.75, 3.05) is 6.61 Å². The molecule has 0 unspecified atom stereocenters. The fourth-order valence-electron chi connectivity index (χ4n) is 2.16. The van der Waals surface area contributed by atoms with Crippen molar-refractivity contribution in [2.45, 2.75) is 6.54 Å². The average Bonchev–Trinajstić information content (AvgIpc) is 2.94. The van der Waals surface area contributed by atoms with Gasteiger partial charge in [0, 0.05) is 6.54 Å². The second-order valence-electron chi connectivity index (χ2n) is 4.55. The maximum absolute atomic E-state index is 11.6. The Labute approximate surface area is 120 Å². The minimum absolute atomic E-state index is 0.0509. The Morgan fingerprint density at radius 2 is 2.10 bits per heavy atom. The third kappa shape index (κ3) is 2.61. The first kappa shape index (κ1) is 13.3. The maximum atomic E-state index is 11.6. The fourth-order valence-corrected chi connectivity index (χ4v) is 2.16. The van der Waals surface area contributed by atoms with E-state index in [1.807, 2.05) is 36.4 Å². The number of fused-ring (bicyclic) bond motifs is 1. The van der Waals surface area contributed by atoms with Gasteiger partial charge in [-0.1, -0.05) is 36.4 Å². The van der Waals surface area contributed by atoms with Crippen molar-refractivity contribution >= 4 is 16.7 Å².